The van der Waals surface area contributed by atoms with Crippen molar-refractivity contribution >= 4 is 16.9 Å². The maximum absolute atomic E-state index is 11.2. The Morgan fingerprint density at radius 2 is 2.28 bits per heavy atom. The van der Waals surface area contributed by atoms with E-state index >= 15 is 0 Å². The van der Waals surface area contributed by atoms with Gasteiger partial charge in [0.05, 0.1) is 17.2 Å². The molecule has 1 unspecified atom stereocenters. The molecule has 0 radical (unpaired) electrons. The van der Waals surface area contributed by atoms with E-state index < -0.39 is 5.97 Å². The van der Waals surface area contributed by atoms with E-state index in [4.69, 9.17) is 4.74 Å². The topological polar surface area (TPSA) is 59.4 Å². The summed E-state index contributed by atoms with van der Waals surface area (Å²) in [5, 5.41) is 9.86. The van der Waals surface area contributed by atoms with Crippen molar-refractivity contribution in [2.75, 3.05) is 6.61 Å². The Labute approximate surface area is 104 Å². The van der Waals surface area contributed by atoms with Crippen LogP contribution in [-0.4, -0.2) is 22.7 Å². The molecule has 1 saturated heterocycles. The lowest BCUT2D eigenvalue weighted by molar-refractivity contribution is 0.0699. The number of hydrogen-bond donors (Lipinski definition) is 1. The molecule has 1 aliphatic heterocycles. The predicted octanol–water partition coefficient (Wildman–Crippen LogP) is 2.78. The second-order valence-corrected chi connectivity index (χ2v) is 4.44. The quantitative estimate of drug-likeness (QED) is 0.881. The van der Waals surface area contributed by atoms with Gasteiger partial charge in [0, 0.05) is 18.2 Å². The van der Waals surface area contributed by atoms with Gasteiger partial charge in [-0.05, 0) is 36.6 Å². The minimum absolute atomic E-state index is 0.0938. The lowest BCUT2D eigenvalue weighted by Crippen LogP contribution is -2.00. The maximum atomic E-state index is 11.2. The summed E-state index contributed by atoms with van der Waals surface area (Å²) in [6.45, 7) is 0.779. The second-order valence-electron chi connectivity index (χ2n) is 4.44. The Balaban J connectivity index is 2.14. The first-order chi connectivity index (χ1) is 8.75. The molecule has 0 bridgehead atoms. The van der Waals surface area contributed by atoms with Crippen LogP contribution in [0, 0.1) is 0 Å². The highest BCUT2D eigenvalue weighted by atomic mass is 16.5. The van der Waals surface area contributed by atoms with Crippen LogP contribution in [-0.2, 0) is 4.74 Å². The second kappa shape index (κ2) is 4.38. The van der Waals surface area contributed by atoms with Crippen LogP contribution in [0.1, 0.15) is 34.9 Å². The van der Waals surface area contributed by atoms with Crippen molar-refractivity contribution < 1.29 is 14.6 Å². The van der Waals surface area contributed by atoms with Crippen LogP contribution < -0.4 is 0 Å². The number of aromatic carboxylic acids is 1. The van der Waals surface area contributed by atoms with Gasteiger partial charge in [0.1, 0.15) is 0 Å². The van der Waals surface area contributed by atoms with Gasteiger partial charge in [-0.15, -0.1) is 0 Å². The highest BCUT2D eigenvalue weighted by Crippen LogP contribution is 2.30. The number of pyridine rings is 1. The summed E-state index contributed by atoms with van der Waals surface area (Å²) in [7, 11) is 0. The molecule has 0 amide bonds. The minimum atomic E-state index is -0.924. The van der Waals surface area contributed by atoms with E-state index in [0.29, 0.717) is 16.5 Å². The first-order valence-corrected chi connectivity index (χ1v) is 5.99. The molecule has 1 fully saturated rings. The smallest absolute Gasteiger partial charge is 0.336 e. The molecule has 0 aliphatic carbocycles. The largest absolute Gasteiger partial charge is 0.478 e. The first-order valence-electron chi connectivity index (χ1n) is 5.99. The van der Waals surface area contributed by atoms with Crippen molar-refractivity contribution in [3.8, 4) is 0 Å². The molecule has 1 atom stereocenters. The average Bonchev–Trinajstić information content (AvgIpc) is 2.91. The number of benzene rings is 1. The van der Waals surface area contributed by atoms with E-state index in [1.54, 1.807) is 0 Å². The van der Waals surface area contributed by atoms with Gasteiger partial charge in [-0.1, -0.05) is 6.07 Å². The van der Waals surface area contributed by atoms with Gasteiger partial charge in [-0.2, -0.15) is 0 Å². The fraction of sp³-hybridized carbons (Fsp3) is 0.286. The monoisotopic (exact) mass is 243 g/mol. The van der Waals surface area contributed by atoms with E-state index in [1.165, 1.54) is 12.3 Å². The zero-order chi connectivity index (χ0) is 12.5. The van der Waals surface area contributed by atoms with Crippen molar-refractivity contribution in [1.82, 2.24) is 4.98 Å². The Hall–Kier alpha value is -1.94. The number of carbonyl (C=O) groups is 1. The minimum Gasteiger partial charge on any atom is -0.478 e. The third-order valence-corrected chi connectivity index (χ3v) is 3.30. The van der Waals surface area contributed by atoms with E-state index in [0.717, 1.165) is 25.0 Å². The fourth-order valence-corrected chi connectivity index (χ4v) is 2.39. The molecule has 18 heavy (non-hydrogen) atoms. The molecule has 1 aromatic carbocycles. The SMILES string of the molecule is O=C(O)c1ccnc2ccc(C3CCCO3)cc12. The standard InChI is InChI=1S/C14H13NO3/c16-14(17)10-5-6-15-12-4-3-9(8-11(10)12)13-2-1-7-18-13/h3-6,8,13H,1-2,7H2,(H,16,17). The Morgan fingerprint density at radius 3 is 3.00 bits per heavy atom. The van der Waals surface area contributed by atoms with Gasteiger partial charge < -0.3 is 9.84 Å². The maximum Gasteiger partial charge on any atom is 0.336 e. The molecule has 1 aliphatic rings. The zero-order valence-electron chi connectivity index (χ0n) is 9.80. The van der Waals surface area contributed by atoms with Crippen LogP contribution in [0.25, 0.3) is 10.9 Å². The van der Waals surface area contributed by atoms with Gasteiger partial charge in [-0.25, -0.2) is 4.79 Å². The summed E-state index contributed by atoms with van der Waals surface area (Å²) >= 11 is 0. The summed E-state index contributed by atoms with van der Waals surface area (Å²) in [6.07, 6.45) is 3.67. The third-order valence-electron chi connectivity index (χ3n) is 3.30. The molecular formula is C14H13NO3. The Bertz CT molecular complexity index is 603. The fourth-order valence-electron chi connectivity index (χ4n) is 2.39. The lowest BCUT2D eigenvalue weighted by Gasteiger charge is -2.11. The molecule has 1 aromatic heterocycles. The van der Waals surface area contributed by atoms with E-state index in [-0.39, 0.29) is 6.10 Å². The number of nitrogens with zero attached hydrogens (tertiary/aromatic N) is 1. The number of rotatable bonds is 2. The van der Waals surface area contributed by atoms with E-state index in [2.05, 4.69) is 4.98 Å². The number of carboxylic acids is 1. The van der Waals surface area contributed by atoms with Crippen LogP contribution in [0.15, 0.2) is 30.5 Å². The van der Waals surface area contributed by atoms with Crippen molar-refractivity contribution in [1.29, 1.82) is 0 Å². The molecule has 3 rings (SSSR count). The van der Waals surface area contributed by atoms with Crippen LogP contribution >= 0.6 is 0 Å². The van der Waals surface area contributed by atoms with Gasteiger partial charge in [0.2, 0.25) is 0 Å². The molecule has 2 heterocycles. The number of aromatic nitrogens is 1. The molecule has 92 valence electrons. The number of carboxylic acid groups (broad SMARTS) is 1. The van der Waals surface area contributed by atoms with Crippen molar-refractivity contribution in [3.05, 3.63) is 41.6 Å². The molecular weight excluding hydrogens is 230 g/mol. The van der Waals surface area contributed by atoms with Crippen LogP contribution in [0.2, 0.25) is 0 Å². The molecule has 4 nitrogen and oxygen atoms in total. The van der Waals surface area contributed by atoms with Crippen LogP contribution in [0.3, 0.4) is 0 Å². The lowest BCUT2D eigenvalue weighted by atomic mass is 10.0. The van der Waals surface area contributed by atoms with Gasteiger partial charge >= 0.3 is 5.97 Å². The molecule has 0 saturated carbocycles. The number of fused-ring (bicyclic) bond motifs is 1. The molecule has 4 heteroatoms. The highest BCUT2D eigenvalue weighted by molar-refractivity contribution is 6.02. The van der Waals surface area contributed by atoms with Crippen LogP contribution in [0.4, 0.5) is 0 Å². The summed E-state index contributed by atoms with van der Waals surface area (Å²) in [5.74, 6) is -0.924. The summed E-state index contributed by atoms with van der Waals surface area (Å²) in [4.78, 5) is 15.4. The number of ether oxygens (including phenoxy) is 1. The normalized spacial score (nSPS) is 19.2. The van der Waals surface area contributed by atoms with E-state index in [9.17, 15) is 9.90 Å². The molecule has 2 aromatic rings. The van der Waals surface area contributed by atoms with Crippen LogP contribution in [0.5, 0.6) is 0 Å². The summed E-state index contributed by atoms with van der Waals surface area (Å²) in [5.41, 5.74) is 2.03. The highest BCUT2D eigenvalue weighted by Gasteiger charge is 2.19. The first kappa shape index (κ1) is 11.2. The van der Waals surface area contributed by atoms with Crippen molar-refractivity contribution in [3.63, 3.8) is 0 Å². The summed E-state index contributed by atoms with van der Waals surface area (Å²) < 4.78 is 5.62. The predicted molar refractivity (Wildman–Crippen MR) is 66.6 cm³/mol. The van der Waals surface area contributed by atoms with Crippen molar-refractivity contribution in [2.45, 2.75) is 18.9 Å². The third kappa shape index (κ3) is 1.84. The Morgan fingerprint density at radius 1 is 1.39 bits per heavy atom. The zero-order valence-corrected chi connectivity index (χ0v) is 9.80. The van der Waals surface area contributed by atoms with Gasteiger partial charge in [0.25, 0.3) is 0 Å². The van der Waals surface area contributed by atoms with Gasteiger partial charge in [-0.3, -0.25) is 4.98 Å². The molecule has 1 N–H and O–H groups in total. The number of hydrogen-bond acceptors (Lipinski definition) is 3. The summed E-state index contributed by atoms with van der Waals surface area (Å²) in [6, 6.07) is 7.25. The Kier molecular flexibility index (Phi) is 2.72. The van der Waals surface area contributed by atoms with Crippen molar-refractivity contribution in [2.24, 2.45) is 0 Å². The average molecular weight is 243 g/mol. The van der Waals surface area contributed by atoms with E-state index in [1.807, 2.05) is 18.2 Å². The molecule has 0 spiro atoms. The van der Waals surface area contributed by atoms with Gasteiger partial charge in [0.15, 0.2) is 0 Å².